The first-order valence-electron chi connectivity index (χ1n) is 7.35. The number of carbonyl (C=O) groups excluding carboxylic acids is 1. The number of rotatable bonds is 4. The van der Waals surface area contributed by atoms with Crippen molar-refractivity contribution in [2.75, 3.05) is 11.1 Å². The summed E-state index contributed by atoms with van der Waals surface area (Å²) in [4.78, 5) is 12.1. The molecule has 0 aliphatic carbocycles. The molecule has 0 unspecified atom stereocenters. The molecule has 1 amide bonds. The zero-order valence-corrected chi connectivity index (χ0v) is 14.9. The molecule has 26 heavy (non-hydrogen) atoms. The van der Waals surface area contributed by atoms with E-state index in [-0.39, 0.29) is 22.5 Å². The van der Waals surface area contributed by atoms with Gasteiger partial charge in [0, 0.05) is 16.9 Å². The minimum absolute atomic E-state index is 0.0392. The van der Waals surface area contributed by atoms with Gasteiger partial charge < -0.3 is 5.32 Å². The largest absolute Gasteiger partial charge is 0.417 e. The Morgan fingerprint density at radius 1 is 1.27 bits per heavy atom. The number of carbonyl (C=O) groups is 1. The quantitative estimate of drug-likeness (QED) is 0.658. The summed E-state index contributed by atoms with van der Waals surface area (Å²) in [7, 11) is 0. The minimum Gasteiger partial charge on any atom is -0.325 e. The Balaban J connectivity index is 1.70. The van der Waals surface area contributed by atoms with Gasteiger partial charge in [0.05, 0.1) is 11.3 Å². The summed E-state index contributed by atoms with van der Waals surface area (Å²) in [5.74, 6) is -0.374. The minimum atomic E-state index is -4.47. The number of halogens is 4. The zero-order valence-electron chi connectivity index (χ0n) is 13.3. The fourth-order valence-corrected chi connectivity index (χ4v) is 3.03. The van der Waals surface area contributed by atoms with Crippen molar-refractivity contribution in [1.82, 2.24) is 14.6 Å². The number of alkyl halides is 3. The average molecular weight is 401 g/mol. The van der Waals surface area contributed by atoms with Gasteiger partial charge in [0.15, 0.2) is 10.8 Å². The predicted octanol–water partition coefficient (Wildman–Crippen LogP) is 4.44. The van der Waals surface area contributed by atoms with Crippen LogP contribution < -0.4 is 5.32 Å². The Hall–Kier alpha value is -2.26. The zero-order chi connectivity index (χ0) is 18.9. The first-order chi connectivity index (χ1) is 12.2. The number of nitrogens with zero attached hydrogens (tertiary/aromatic N) is 3. The van der Waals surface area contributed by atoms with Crippen LogP contribution in [0.15, 0.2) is 41.7 Å². The second-order valence-electron chi connectivity index (χ2n) is 5.43. The molecule has 0 saturated carbocycles. The van der Waals surface area contributed by atoms with Crippen LogP contribution in [0.5, 0.6) is 0 Å². The van der Waals surface area contributed by atoms with Crippen LogP contribution in [0.1, 0.15) is 11.1 Å². The number of amides is 1. The molecule has 1 N–H and O–H groups in total. The van der Waals surface area contributed by atoms with E-state index in [1.165, 1.54) is 10.5 Å². The molecule has 0 radical (unpaired) electrons. The van der Waals surface area contributed by atoms with Crippen LogP contribution in [0.3, 0.4) is 0 Å². The van der Waals surface area contributed by atoms with E-state index in [0.29, 0.717) is 10.7 Å². The van der Waals surface area contributed by atoms with Crippen molar-refractivity contribution >= 4 is 40.6 Å². The first kappa shape index (κ1) is 18.5. The van der Waals surface area contributed by atoms with E-state index < -0.39 is 11.7 Å². The molecule has 2 heterocycles. The van der Waals surface area contributed by atoms with Gasteiger partial charge in [-0.15, -0.1) is 10.2 Å². The SMILES string of the molecule is Cc1ccc(NC(=O)CSc2nnc3ccc(C(F)(F)F)cn23)cc1Cl. The van der Waals surface area contributed by atoms with E-state index in [2.05, 4.69) is 15.5 Å². The molecule has 3 rings (SSSR count). The standard InChI is InChI=1S/C16H12ClF3N4OS/c1-9-2-4-11(6-12(9)17)21-14(25)8-26-15-23-22-13-5-3-10(7-24(13)15)16(18,19)20/h2-7H,8H2,1H3,(H,21,25). The number of thioether (sulfide) groups is 1. The van der Waals surface area contributed by atoms with Gasteiger partial charge in [-0.25, -0.2) is 0 Å². The summed E-state index contributed by atoms with van der Waals surface area (Å²) >= 11 is 6.99. The smallest absolute Gasteiger partial charge is 0.325 e. The monoisotopic (exact) mass is 400 g/mol. The topological polar surface area (TPSA) is 59.3 Å². The van der Waals surface area contributed by atoms with Crippen LogP contribution in [0.4, 0.5) is 18.9 Å². The number of aryl methyl sites for hydroxylation is 1. The van der Waals surface area contributed by atoms with Crippen molar-refractivity contribution in [2.24, 2.45) is 0 Å². The highest BCUT2D eigenvalue weighted by molar-refractivity contribution is 7.99. The molecular formula is C16H12ClF3N4OS. The molecular weight excluding hydrogens is 389 g/mol. The molecule has 3 aromatic rings. The Labute approximate surface area is 155 Å². The predicted molar refractivity (Wildman–Crippen MR) is 93.5 cm³/mol. The van der Waals surface area contributed by atoms with E-state index in [1.807, 2.05) is 6.92 Å². The van der Waals surface area contributed by atoms with Crippen LogP contribution in [0.2, 0.25) is 5.02 Å². The maximum Gasteiger partial charge on any atom is 0.417 e. The maximum absolute atomic E-state index is 12.8. The normalized spacial score (nSPS) is 11.7. The lowest BCUT2D eigenvalue weighted by Gasteiger charge is -2.08. The Morgan fingerprint density at radius 3 is 2.73 bits per heavy atom. The summed E-state index contributed by atoms with van der Waals surface area (Å²) in [6.45, 7) is 1.84. The van der Waals surface area contributed by atoms with Crippen molar-refractivity contribution < 1.29 is 18.0 Å². The summed E-state index contributed by atoms with van der Waals surface area (Å²) < 4.78 is 39.7. The van der Waals surface area contributed by atoms with Crippen molar-refractivity contribution in [3.63, 3.8) is 0 Å². The molecule has 0 aliphatic heterocycles. The van der Waals surface area contributed by atoms with Gasteiger partial charge in [-0.1, -0.05) is 29.4 Å². The molecule has 10 heteroatoms. The number of pyridine rings is 1. The summed E-state index contributed by atoms with van der Waals surface area (Å²) in [6.07, 6.45) is -3.56. The Bertz CT molecular complexity index is 974. The molecule has 0 spiro atoms. The number of benzene rings is 1. The van der Waals surface area contributed by atoms with E-state index in [9.17, 15) is 18.0 Å². The lowest BCUT2D eigenvalue weighted by Crippen LogP contribution is -2.14. The molecule has 0 atom stereocenters. The third-order valence-electron chi connectivity index (χ3n) is 3.49. The number of hydrogen-bond donors (Lipinski definition) is 1. The van der Waals surface area contributed by atoms with Crippen LogP contribution in [-0.4, -0.2) is 26.3 Å². The van der Waals surface area contributed by atoms with Crippen molar-refractivity contribution in [1.29, 1.82) is 0 Å². The van der Waals surface area contributed by atoms with Crippen LogP contribution >= 0.6 is 23.4 Å². The van der Waals surface area contributed by atoms with Gasteiger partial charge in [0.25, 0.3) is 0 Å². The highest BCUT2D eigenvalue weighted by atomic mass is 35.5. The van der Waals surface area contributed by atoms with Gasteiger partial charge in [-0.2, -0.15) is 13.2 Å². The second-order valence-corrected chi connectivity index (χ2v) is 6.78. The van der Waals surface area contributed by atoms with Crippen molar-refractivity contribution in [2.45, 2.75) is 18.3 Å². The van der Waals surface area contributed by atoms with Crippen LogP contribution in [-0.2, 0) is 11.0 Å². The summed E-state index contributed by atoms with van der Waals surface area (Å²) in [5, 5.41) is 11.0. The molecule has 136 valence electrons. The third kappa shape index (κ3) is 4.10. The van der Waals surface area contributed by atoms with E-state index in [4.69, 9.17) is 11.6 Å². The van der Waals surface area contributed by atoms with Gasteiger partial charge in [0.2, 0.25) is 5.91 Å². The molecule has 1 aromatic carbocycles. The lowest BCUT2D eigenvalue weighted by atomic mass is 10.2. The number of fused-ring (bicyclic) bond motifs is 1. The van der Waals surface area contributed by atoms with Gasteiger partial charge in [0.1, 0.15) is 0 Å². The van der Waals surface area contributed by atoms with Crippen molar-refractivity contribution in [3.8, 4) is 0 Å². The average Bonchev–Trinajstić information content (AvgIpc) is 2.98. The molecule has 0 saturated heterocycles. The third-order valence-corrected chi connectivity index (χ3v) is 4.84. The number of hydrogen-bond acceptors (Lipinski definition) is 4. The lowest BCUT2D eigenvalue weighted by molar-refractivity contribution is -0.137. The fraction of sp³-hybridized carbons (Fsp3) is 0.188. The van der Waals surface area contributed by atoms with Crippen molar-refractivity contribution in [3.05, 3.63) is 52.7 Å². The molecule has 2 aromatic heterocycles. The summed E-state index contributed by atoms with van der Waals surface area (Å²) in [6, 6.07) is 7.28. The van der Waals surface area contributed by atoms with Crippen LogP contribution in [0.25, 0.3) is 5.65 Å². The second kappa shape index (κ2) is 7.16. The molecule has 0 bridgehead atoms. The molecule has 0 fully saturated rings. The van der Waals surface area contributed by atoms with Gasteiger partial charge in [-0.3, -0.25) is 9.20 Å². The van der Waals surface area contributed by atoms with Crippen LogP contribution in [0, 0.1) is 6.92 Å². The van der Waals surface area contributed by atoms with Gasteiger partial charge in [-0.05, 0) is 36.8 Å². The fourth-order valence-electron chi connectivity index (χ4n) is 2.13. The molecule has 5 nitrogen and oxygen atoms in total. The number of aromatic nitrogens is 3. The maximum atomic E-state index is 12.8. The van der Waals surface area contributed by atoms with E-state index in [1.54, 1.807) is 18.2 Å². The number of nitrogens with one attached hydrogen (secondary N) is 1. The first-order valence-corrected chi connectivity index (χ1v) is 8.71. The highest BCUT2D eigenvalue weighted by Crippen LogP contribution is 2.30. The van der Waals surface area contributed by atoms with E-state index >= 15 is 0 Å². The highest BCUT2D eigenvalue weighted by Gasteiger charge is 2.31. The van der Waals surface area contributed by atoms with E-state index in [0.717, 1.165) is 29.6 Å². The van der Waals surface area contributed by atoms with Gasteiger partial charge >= 0.3 is 6.18 Å². The molecule has 0 aliphatic rings. The number of anilines is 1. The Morgan fingerprint density at radius 2 is 2.04 bits per heavy atom. The Kier molecular flexibility index (Phi) is 5.10. The summed E-state index contributed by atoms with van der Waals surface area (Å²) in [5.41, 5.74) is 0.878.